The molecule has 0 aromatic rings. The number of aliphatic hydroxyl groups is 1. The molecule has 1 fully saturated rings. The molecule has 0 amide bonds. The van der Waals surface area contributed by atoms with Crippen LogP contribution in [0.4, 0.5) is 4.39 Å². The van der Waals surface area contributed by atoms with Crippen LogP contribution in [0, 0.1) is 5.92 Å². The summed E-state index contributed by atoms with van der Waals surface area (Å²) in [5, 5.41) is 10.4. The van der Waals surface area contributed by atoms with Gasteiger partial charge in [-0.3, -0.25) is 18.3 Å². The molecule has 23 heavy (non-hydrogen) atoms. The molecule has 3 atom stereocenters. The topological polar surface area (TPSA) is 93.1 Å². The minimum absolute atomic E-state index is 0.0124. The summed E-state index contributed by atoms with van der Waals surface area (Å²) in [5.74, 6) is -1.17. The van der Waals surface area contributed by atoms with Gasteiger partial charge < -0.3 is 9.84 Å². The Kier molecular flexibility index (Phi) is 8.10. The zero-order valence-corrected chi connectivity index (χ0v) is 14.0. The maximum Gasteiger partial charge on any atom is 0.306 e. The van der Waals surface area contributed by atoms with Crippen molar-refractivity contribution < 1.29 is 31.6 Å². The largest absolute Gasteiger partial charge is 0.461 e. The number of halogens is 1. The lowest BCUT2D eigenvalue weighted by Gasteiger charge is -2.29. The van der Waals surface area contributed by atoms with Crippen LogP contribution >= 0.6 is 0 Å². The second-order valence-electron chi connectivity index (χ2n) is 5.53. The van der Waals surface area contributed by atoms with E-state index in [0.717, 1.165) is 6.26 Å². The molecule has 1 heterocycles. The fraction of sp³-hybridized carbons (Fsp3) is 0.786. The molecule has 0 radical (unpaired) electrons. The summed E-state index contributed by atoms with van der Waals surface area (Å²) in [5.41, 5.74) is 0. The average Bonchev–Trinajstić information content (AvgIpc) is 2.90. The van der Waals surface area contributed by atoms with Gasteiger partial charge in [0.2, 0.25) is 0 Å². The molecule has 0 aliphatic carbocycles. The standard InChI is InChI=1S/C14H24FNO6S/c1-3-8-21-13(17)9-11(4-6-15)14(18)16-7-5-12(10-16)22-23(2,19)20/h3,11-12,14,18H,1,4-10H2,2H3/t11-,12?,14?/m1/s1. The minimum Gasteiger partial charge on any atom is -0.461 e. The predicted molar refractivity (Wildman–Crippen MR) is 81.8 cm³/mol. The lowest BCUT2D eigenvalue weighted by atomic mass is 9.99. The Bertz CT molecular complexity index is 497. The van der Waals surface area contributed by atoms with Crippen LogP contribution in [-0.4, -0.2) is 69.4 Å². The summed E-state index contributed by atoms with van der Waals surface area (Å²) in [6.07, 6.45) is 1.12. The number of hydrogen-bond donors (Lipinski definition) is 1. The molecule has 134 valence electrons. The summed E-state index contributed by atoms with van der Waals surface area (Å²) in [4.78, 5) is 13.2. The van der Waals surface area contributed by atoms with Crippen LogP contribution in [-0.2, 0) is 23.8 Å². The van der Waals surface area contributed by atoms with E-state index in [1.807, 2.05) is 0 Å². The van der Waals surface area contributed by atoms with E-state index in [1.54, 1.807) is 4.90 Å². The minimum atomic E-state index is -3.57. The molecule has 1 N–H and O–H groups in total. The molecule has 7 nitrogen and oxygen atoms in total. The summed E-state index contributed by atoms with van der Waals surface area (Å²) < 4.78 is 44.7. The highest BCUT2D eigenvalue weighted by molar-refractivity contribution is 7.86. The smallest absolute Gasteiger partial charge is 0.306 e. The van der Waals surface area contributed by atoms with Gasteiger partial charge in [-0.2, -0.15) is 8.42 Å². The molecular weight excluding hydrogens is 329 g/mol. The van der Waals surface area contributed by atoms with Crippen molar-refractivity contribution in [3.05, 3.63) is 12.7 Å². The van der Waals surface area contributed by atoms with Crippen molar-refractivity contribution in [3.8, 4) is 0 Å². The van der Waals surface area contributed by atoms with Gasteiger partial charge in [0.25, 0.3) is 10.1 Å². The van der Waals surface area contributed by atoms with Gasteiger partial charge in [-0.05, 0) is 12.8 Å². The highest BCUT2D eigenvalue weighted by Crippen LogP contribution is 2.24. The second kappa shape index (κ2) is 9.31. The molecule has 0 spiro atoms. The van der Waals surface area contributed by atoms with Gasteiger partial charge in [-0.1, -0.05) is 12.7 Å². The van der Waals surface area contributed by atoms with Crippen LogP contribution in [0.15, 0.2) is 12.7 Å². The number of carbonyl (C=O) groups excluding carboxylic acids is 1. The number of rotatable bonds is 10. The summed E-state index contributed by atoms with van der Waals surface area (Å²) in [6, 6.07) is 0. The van der Waals surface area contributed by atoms with Gasteiger partial charge in [0, 0.05) is 19.0 Å². The number of esters is 1. The van der Waals surface area contributed by atoms with Gasteiger partial charge in [-0.25, -0.2) is 0 Å². The average molecular weight is 353 g/mol. The second-order valence-corrected chi connectivity index (χ2v) is 7.13. The lowest BCUT2D eigenvalue weighted by molar-refractivity contribution is -0.146. The number of nitrogens with zero attached hydrogens (tertiary/aromatic N) is 1. The first-order chi connectivity index (χ1) is 10.8. The van der Waals surface area contributed by atoms with E-state index in [4.69, 9.17) is 8.92 Å². The highest BCUT2D eigenvalue weighted by atomic mass is 32.2. The Morgan fingerprint density at radius 2 is 2.26 bits per heavy atom. The van der Waals surface area contributed by atoms with Crippen molar-refractivity contribution in [2.45, 2.75) is 31.6 Å². The molecular formula is C14H24FNO6S. The summed E-state index contributed by atoms with van der Waals surface area (Å²) in [6.45, 7) is 3.43. The van der Waals surface area contributed by atoms with E-state index in [-0.39, 0.29) is 26.0 Å². The maximum absolute atomic E-state index is 12.7. The molecule has 2 unspecified atom stereocenters. The van der Waals surface area contributed by atoms with Crippen LogP contribution in [0.2, 0.25) is 0 Å². The highest BCUT2D eigenvalue weighted by Gasteiger charge is 2.34. The molecule has 1 rings (SSSR count). The van der Waals surface area contributed by atoms with Crippen molar-refractivity contribution in [3.63, 3.8) is 0 Å². The number of ether oxygens (including phenoxy) is 1. The van der Waals surface area contributed by atoms with Crippen molar-refractivity contribution in [1.82, 2.24) is 4.90 Å². The normalized spacial score (nSPS) is 21.8. The Morgan fingerprint density at radius 1 is 1.57 bits per heavy atom. The Hall–Kier alpha value is -1.03. The third-order valence-corrected chi connectivity index (χ3v) is 4.18. The maximum atomic E-state index is 12.7. The van der Waals surface area contributed by atoms with Crippen LogP contribution in [0.25, 0.3) is 0 Å². The van der Waals surface area contributed by atoms with E-state index in [9.17, 15) is 22.7 Å². The fourth-order valence-corrected chi connectivity index (χ4v) is 3.19. The summed E-state index contributed by atoms with van der Waals surface area (Å²) in [7, 11) is -3.57. The van der Waals surface area contributed by atoms with Crippen molar-refractivity contribution in [1.29, 1.82) is 0 Å². The van der Waals surface area contributed by atoms with Gasteiger partial charge in [0.1, 0.15) is 12.8 Å². The first-order valence-electron chi connectivity index (χ1n) is 7.39. The molecule has 0 aromatic carbocycles. The number of carbonyl (C=O) groups is 1. The third kappa shape index (κ3) is 7.38. The number of likely N-dealkylation sites (tertiary alicyclic amines) is 1. The molecule has 0 saturated carbocycles. The molecule has 0 aromatic heterocycles. The van der Waals surface area contributed by atoms with Crippen molar-refractivity contribution >= 4 is 16.1 Å². The van der Waals surface area contributed by atoms with E-state index >= 15 is 0 Å². The predicted octanol–water partition coefficient (Wildman–Crippen LogP) is 0.450. The van der Waals surface area contributed by atoms with Gasteiger partial charge >= 0.3 is 5.97 Å². The van der Waals surface area contributed by atoms with Crippen LogP contribution in [0.3, 0.4) is 0 Å². The van der Waals surface area contributed by atoms with E-state index < -0.39 is 41.0 Å². The van der Waals surface area contributed by atoms with Crippen LogP contribution in [0.5, 0.6) is 0 Å². The third-order valence-electron chi connectivity index (χ3n) is 3.55. The van der Waals surface area contributed by atoms with Gasteiger partial charge in [0.05, 0.1) is 25.5 Å². The summed E-state index contributed by atoms with van der Waals surface area (Å²) >= 11 is 0. The molecule has 1 aliphatic heterocycles. The van der Waals surface area contributed by atoms with Gasteiger partial charge in [0.15, 0.2) is 0 Å². The fourth-order valence-electron chi connectivity index (χ4n) is 2.54. The van der Waals surface area contributed by atoms with E-state index in [2.05, 4.69) is 6.58 Å². The molecule has 1 saturated heterocycles. The number of aliphatic hydroxyl groups excluding tert-OH is 1. The zero-order chi connectivity index (χ0) is 17.5. The van der Waals surface area contributed by atoms with E-state index in [0.29, 0.717) is 13.0 Å². The molecule has 0 bridgehead atoms. The zero-order valence-electron chi connectivity index (χ0n) is 13.2. The first kappa shape index (κ1) is 20.0. The lowest BCUT2D eigenvalue weighted by Crippen LogP contribution is -2.41. The van der Waals surface area contributed by atoms with Crippen LogP contribution < -0.4 is 0 Å². The molecule has 1 aliphatic rings. The van der Waals surface area contributed by atoms with Crippen molar-refractivity contribution in [2.24, 2.45) is 5.92 Å². The SMILES string of the molecule is C=CCOC(=O)C[C@@H](CCF)C(O)N1CCC(OS(C)(=O)=O)C1. The Labute approximate surface area is 136 Å². The van der Waals surface area contributed by atoms with Gasteiger partial charge in [-0.15, -0.1) is 0 Å². The number of alkyl halides is 1. The van der Waals surface area contributed by atoms with Crippen molar-refractivity contribution in [2.75, 3.05) is 32.6 Å². The Morgan fingerprint density at radius 3 is 2.83 bits per heavy atom. The Balaban J connectivity index is 2.58. The number of hydrogen-bond acceptors (Lipinski definition) is 7. The monoisotopic (exact) mass is 353 g/mol. The molecule has 9 heteroatoms. The first-order valence-corrected chi connectivity index (χ1v) is 9.21. The quantitative estimate of drug-likeness (QED) is 0.346. The van der Waals surface area contributed by atoms with Crippen LogP contribution in [0.1, 0.15) is 19.3 Å². The van der Waals surface area contributed by atoms with E-state index in [1.165, 1.54) is 6.08 Å².